The van der Waals surface area contributed by atoms with Gasteiger partial charge in [0.25, 0.3) is 0 Å². The third kappa shape index (κ3) is 3.59. The second-order valence-corrected chi connectivity index (χ2v) is 16.4. The molecule has 1 spiro atoms. The Kier molecular flexibility index (Phi) is 5.88. The average Bonchev–Trinajstić information content (AvgIpc) is 3.11. The Balaban J connectivity index is 1.78. The first kappa shape index (κ1) is 23.2. The summed E-state index contributed by atoms with van der Waals surface area (Å²) in [6.45, 7) is 17.7. The van der Waals surface area contributed by atoms with Crippen LogP contribution in [0.4, 0.5) is 0 Å². The second kappa shape index (κ2) is 7.84. The van der Waals surface area contributed by atoms with Gasteiger partial charge in [-0.15, -0.1) is 0 Å². The molecule has 4 atom stereocenters. The fourth-order valence-electron chi connectivity index (χ4n) is 6.68. The topological polar surface area (TPSA) is 57.2 Å². The summed E-state index contributed by atoms with van der Waals surface area (Å²) < 4.78 is 27.0. The van der Waals surface area contributed by atoms with Gasteiger partial charge in [0.1, 0.15) is 23.6 Å². The molecule has 0 aromatic heterocycles. The van der Waals surface area contributed by atoms with Crippen LogP contribution in [0.5, 0.6) is 5.75 Å². The molecule has 2 fully saturated rings. The standard InChI is InChI=1S/C25H40O5Si/c1-15(2)31(16(3)4,17(5)6)30-23-21-22(28-24(7,8)27-21)25(29-23)13-9-10-18-14-19(26)11-12-20(18)25/h11-12,14-17,21-23,26H,9-10,13H2,1-8H3/t21-,22+,23-,25-/m1/s1. The molecule has 4 rings (SSSR count). The molecule has 2 aliphatic heterocycles. The summed E-state index contributed by atoms with van der Waals surface area (Å²) in [5, 5.41) is 10.1. The zero-order chi connectivity index (χ0) is 22.8. The van der Waals surface area contributed by atoms with Crippen LogP contribution in [0.3, 0.4) is 0 Å². The van der Waals surface area contributed by atoms with Crippen LogP contribution < -0.4 is 0 Å². The third-order valence-electron chi connectivity index (χ3n) is 7.75. The Bertz CT molecular complexity index is 798. The van der Waals surface area contributed by atoms with E-state index in [4.69, 9.17) is 18.6 Å². The van der Waals surface area contributed by atoms with Gasteiger partial charge in [0.15, 0.2) is 12.1 Å². The summed E-state index contributed by atoms with van der Waals surface area (Å²) in [5.74, 6) is -0.382. The number of fused-ring (bicyclic) bond motifs is 4. The van der Waals surface area contributed by atoms with Crippen molar-refractivity contribution in [1.29, 1.82) is 0 Å². The summed E-state index contributed by atoms with van der Waals surface area (Å²) in [6, 6.07) is 5.64. The van der Waals surface area contributed by atoms with Gasteiger partial charge in [-0.1, -0.05) is 47.6 Å². The van der Waals surface area contributed by atoms with Crippen molar-refractivity contribution in [3.05, 3.63) is 29.3 Å². The SMILES string of the molecule is CC(C)[Si](O[C@H]1O[C@@]2(CCCc3cc(O)ccc32)[C@H]2OC(C)(C)O[C@@H]12)(C(C)C)C(C)C. The molecule has 0 unspecified atom stereocenters. The molecule has 3 aliphatic rings. The van der Waals surface area contributed by atoms with E-state index in [0.717, 1.165) is 30.4 Å². The largest absolute Gasteiger partial charge is 0.508 e. The number of rotatable bonds is 5. The first-order chi connectivity index (χ1) is 14.4. The molecule has 0 amide bonds. The summed E-state index contributed by atoms with van der Waals surface area (Å²) in [6.07, 6.45) is 1.84. The third-order valence-corrected chi connectivity index (χ3v) is 13.8. The highest BCUT2D eigenvalue weighted by Crippen LogP contribution is 2.56. The molecule has 1 aliphatic carbocycles. The molecule has 2 heterocycles. The highest BCUT2D eigenvalue weighted by molar-refractivity contribution is 6.77. The van der Waals surface area contributed by atoms with E-state index in [0.29, 0.717) is 22.4 Å². The van der Waals surface area contributed by atoms with Crippen LogP contribution in [0.2, 0.25) is 16.6 Å². The number of aryl methyl sites for hydroxylation is 1. The van der Waals surface area contributed by atoms with E-state index in [1.807, 2.05) is 26.0 Å². The van der Waals surface area contributed by atoms with Gasteiger partial charge in [-0.05, 0) is 73.0 Å². The lowest BCUT2D eigenvalue weighted by Gasteiger charge is -2.45. The van der Waals surface area contributed by atoms with Crippen molar-refractivity contribution in [1.82, 2.24) is 0 Å². The van der Waals surface area contributed by atoms with Crippen LogP contribution in [-0.2, 0) is 30.7 Å². The maximum absolute atomic E-state index is 10.1. The molecule has 31 heavy (non-hydrogen) atoms. The van der Waals surface area contributed by atoms with Gasteiger partial charge in [-0.2, -0.15) is 0 Å². The molecule has 1 aromatic carbocycles. The maximum atomic E-state index is 10.1. The van der Waals surface area contributed by atoms with Crippen LogP contribution in [0.25, 0.3) is 0 Å². The van der Waals surface area contributed by atoms with Crippen molar-refractivity contribution < 1.29 is 23.7 Å². The van der Waals surface area contributed by atoms with Crippen LogP contribution in [0.1, 0.15) is 79.4 Å². The van der Waals surface area contributed by atoms with Crippen LogP contribution in [-0.4, -0.2) is 37.7 Å². The van der Waals surface area contributed by atoms with Crippen molar-refractivity contribution in [2.45, 2.75) is 121 Å². The minimum atomic E-state index is -2.18. The van der Waals surface area contributed by atoms with E-state index in [9.17, 15) is 5.11 Å². The number of aromatic hydroxyl groups is 1. The Morgan fingerprint density at radius 1 is 1.00 bits per heavy atom. The molecule has 0 bridgehead atoms. The predicted molar refractivity (Wildman–Crippen MR) is 124 cm³/mol. The molecule has 1 N–H and O–H groups in total. The molecule has 1 aromatic rings. The minimum absolute atomic E-state index is 0.228. The fourth-order valence-corrected chi connectivity index (χ4v) is 12.1. The first-order valence-corrected chi connectivity index (χ1v) is 14.1. The van der Waals surface area contributed by atoms with E-state index >= 15 is 0 Å². The monoisotopic (exact) mass is 448 g/mol. The summed E-state index contributed by atoms with van der Waals surface area (Å²) in [7, 11) is -2.18. The summed E-state index contributed by atoms with van der Waals surface area (Å²) in [5.41, 5.74) is 3.02. The average molecular weight is 449 g/mol. The van der Waals surface area contributed by atoms with E-state index in [1.54, 1.807) is 6.07 Å². The highest BCUT2D eigenvalue weighted by Gasteiger charge is 2.66. The maximum Gasteiger partial charge on any atom is 0.203 e. The van der Waals surface area contributed by atoms with E-state index in [1.165, 1.54) is 0 Å². The molecule has 5 nitrogen and oxygen atoms in total. The Hall–Kier alpha value is -0.923. The number of phenols is 1. The van der Waals surface area contributed by atoms with Crippen molar-refractivity contribution in [3.8, 4) is 5.75 Å². The van der Waals surface area contributed by atoms with Gasteiger partial charge in [0, 0.05) is 0 Å². The van der Waals surface area contributed by atoms with Gasteiger partial charge in [0.05, 0.1) is 0 Å². The fraction of sp³-hybridized carbons (Fsp3) is 0.760. The second-order valence-electron chi connectivity index (χ2n) is 11.0. The summed E-state index contributed by atoms with van der Waals surface area (Å²) >= 11 is 0. The first-order valence-electron chi connectivity index (χ1n) is 12.0. The number of ether oxygens (including phenoxy) is 3. The Morgan fingerprint density at radius 3 is 2.26 bits per heavy atom. The lowest BCUT2D eigenvalue weighted by molar-refractivity contribution is -0.246. The Labute approximate surface area is 188 Å². The van der Waals surface area contributed by atoms with Crippen molar-refractivity contribution in [2.75, 3.05) is 0 Å². The lowest BCUT2D eigenvalue weighted by Crippen LogP contribution is -2.52. The van der Waals surface area contributed by atoms with Gasteiger partial charge in [-0.3, -0.25) is 0 Å². The molecular formula is C25H40O5Si. The van der Waals surface area contributed by atoms with E-state index in [-0.39, 0.29) is 12.2 Å². The molecule has 0 radical (unpaired) electrons. The zero-order valence-electron chi connectivity index (χ0n) is 20.4. The van der Waals surface area contributed by atoms with Gasteiger partial charge in [-0.25, -0.2) is 0 Å². The quantitative estimate of drug-likeness (QED) is 0.561. The van der Waals surface area contributed by atoms with Crippen molar-refractivity contribution in [2.24, 2.45) is 0 Å². The normalized spacial score (nSPS) is 32.3. The molecule has 2 saturated heterocycles. The van der Waals surface area contributed by atoms with Crippen molar-refractivity contribution in [3.63, 3.8) is 0 Å². The van der Waals surface area contributed by atoms with Crippen LogP contribution >= 0.6 is 0 Å². The van der Waals surface area contributed by atoms with E-state index < -0.39 is 26.0 Å². The predicted octanol–water partition coefficient (Wildman–Crippen LogP) is 5.99. The van der Waals surface area contributed by atoms with Gasteiger partial charge >= 0.3 is 0 Å². The molecule has 6 heteroatoms. The van der Waals surface area contributed by atoms with Crippen LogP contribution in [0, 0.1) is 0 Å². The molecule has 0 saturated carbocycles. The molecule has 174 valence electrons. The number of benzene rings is 1. The van der Waals surface area contributed by atoms with Crippen LogP contribution in [0.15, 0.2) is 18.2 Å². The van der Waals surface area contributed by atoms with E-state index in [2.05, 4.69) is 41.5 Å². The highest BCUT2D eigenvalue weighted by atomic mass is 28.4. The number of hydrogen-bond acceptors (Lipinski definition) is 5. The smallest absolute Gasteiger partial charge is 0.203 e. The zero-order valence-corrected chi connectivity index (χ0v) is 21.4. The summed E-state index contributed by atoms with van der Waals surface area (Å²) in [4.78, 5) is 0. The Morgan fingerprint density at radius 2 is 1.65 bits per heavy atom. The lowest BCUT2D eigenvalue weighted by atomic mass is 9.75. The van der Waals surface area contributed by atoms with Crippen molar-refractivity contribution >= 4 is 8.32 Å². The minimum Gasteiger partial charge on any atom is -0.508 e. The molecular weight excluding hydrogens is 408 g/mol. The number of phenolic OH excluding ortho intramolecular Hbond substituents is 1. The van der Waals surface area contributed by atoms with Gasteiger partial charge in [0.2, 0.25) is 8.32 Å². The number of hydrogen-bond donors (Lipinski definition) is 1. The van der Waals surface area contributed by atoms with Gasteiger partial charge < -0.3 is 23.7 Å².